The molecule has 116 valence electrons. The van der Waals surface area contributed by atoms with Crippen molar-refractivity contribution in [3.63, 3.8) is 0 Å². The predicted octanol–water partition coefficient (Wildman–Crippen LogP) is 3.26. The molecule has 0 saturated heterocycles. The Labute approximate surface area is 127 Å². The van der Waals surface area contributed by atoms with Gasteiger partial charge in [-0.2, -0.15) is 0 Å². The number of fused-ring (bicyclic) bond motifs is 1. The van der Waals surface area contributed by atoms with Crippen LogP contribution in [-0.4, -0.2) is 15.6 Å². The number of imidazole rings is 1. The van der Waals surface area contributed by atoms with E-state index in [0.29, 0.717) is 0 Å². The molecule has 0 aliphatic heterocycles. The lowest BCUT2D eigenvalue weighted by atomic mass is 9.80. The van der Waals surface area contributed by atoms with Crippen LogP contribution in [0.1, 0.15) is 46.4 Å². The number of benzene rings is 1. The van der Waals surface area contributed by atoms with Crippen LogP contribution in [-0.2, 0) is 13.0 Å². The molecule has 0 saturated carbocycles. The molecule has 1 atom stereocenters. The van der Waals surface area contributed by atoms with E-state index in [1.54, 1.807) is 0 Å². The van der Waals surface area contributed by atoms with Crippen molar-refractivity contribution in [1.82, 2.24) is 15.0 Å². The summed E-state index contributed by atoms with van der Waals surface area (Å²) in [6.07, 6.45) is 3.03. The molecular formula is C17H28N4. The van der Waals surface area contributed by atoms with Gasteiger partial charge in [0.2, 0.25) is 0 Å². The maximum absolute atomic E-state index is 5.81. The minimum Gasteiger partial charge on any atom is -0.328 e. The van der Waals surface area contributed by atoms with Gasteiger partial charge in [0, 0.05) is 19.0 Å². The Balaban J connectivity index is 2.38. The Morgan fingerprint density at radius 2 is 2.00 bits per heavy atom. The number of nitrogens with zero attached hydrogens (tertiary/aromatic N) is 2. The van der Waals surface area contributed by atoms with Crippen LogP contribution in [0.3, 0.4) is 0 Å². The van der Waals surface area contributed by atoms with Crippen molar-refractivity contribution in [3.05, 3.63) is 30.1 Å². The minimum atomic E-state index is 0.143. The van der Waals surface area contributed by atoms with Crippen molar-refractivity contribution in [1.29, 1.82) is 0 Å². The molecule has 1 aromatic heterocycles. The number of para-hydroxylation sites is 2. The third-order valence-electron chi connectivity index (χ3n) is 4.62. The van der Waals surface area contributed by atoms with Gasteiger partial charge >= 0.3 is 0 Å². The fourth-order valence-corrected chi connectivity index (χ4v) is 2.74. The molecule has 0 aliphatic rings. The molecule has 4 nitrogen and oxygen atoms in total. The number of aryl methyl sites for hydroxylation is 1. The monoisotopic (exact) mass is 288 g/mol. The Bertz CT molecular complexity index is 585. The average molecular weight is 288 g/mol. The van der Waals surface area contributed by atoms with Crippen LogP contribution in [0, 0.1) is 5.41 Å². The standard InChI is InChI=1S/C17H28N4/c1-5-11-21-14-10-8-7-9-13(14)19-16(21)12-15(20-18)17(3,4)6-2/h7-10,15,20H,5-6,11-12,18H2,1-4H3. The molecule has 4 heteroatoms. The molecule has 0 aliphatic carbocycles. The second-order valence-electron chi connectivity index (χ2n) is 6.43. The van der Waals surface area contributed by atoms with E-state index in [0.717, 1.165) is 37.1 Å². The largest absolute Gasteiger partial charge is 0.328 e. The van der Waals surface area contributed by atoms with E-state index in [9.17, 15) is 0 Å². The smallest absolute Gasteiger partial charge is 0.111 e. The van der Waals surface area contributed by atoms with Gasteiger partial charge in [0.05, 0.1) is 11.0 Å². The van der Waals surface area contributed by atoms with Gasteiger partial charge in [0.15, 0.2) is 0 Å². The molecule has 0 fully saturated rings. The summed E-state index contributed by atoms with van der Waals surface area (Å²) in [5.74, 6) is 6.94. The molecule has 0 radical (unpaired) electrons. The maximum atomic E-state index is 5.81. The topological polar surface area (TPSA) is 55.9 Å². The summed E-state index contributed by atoms with van der Waals surface area (Å²) in [5, 5.41) is 0. The van der Waals surface area contributed by atoms with Gasteiger partial charge in [-0.25, -0.2) is 4.98 Å². The molecular weight excluding hydrogens is 260 g/mol. The van der Waals surface area contributed by atoms with Crippen LogP contribution >= 0.6 is 0 Å². The highest BCUT2D eigenvalue weighted by atomic mass is 15.2. The lowest BCUT2D eigenvalue weighted by Gasteiger charge is -2.32. The number of hydrogen-bond donors (Lipinski definition) is 2. The molecule has 1 heterocycles. The van der Waals surface area contributed by atoms with Crippen molar-refractivity contribution >= 4 is 11.0 Å². The number of rotatable bonds is 7. The van der Waals surface area contributed by atoms with Crippen molar-refractivity contribution in [2.45, 2.75) is 59.5 Å². The molecule has 0 spiro atoms. The van der Waals surface area contributed by atoms with Crippen molar-refractivity contribution in [2.24, 2.45) is 11.3 Å². The van der Waals surface area contributed by atoms with Crippen LogP contribution in [0.25, 0.3) is 11.0 Å². The van der Waals surface area contributed by atoms with Gasteiger partial charge in [-0.1, -0.05) is 39.8 Å². The molecule has 2 rings (SSSR count). The summed E-state index contributed by atoms with van der Waals surface area (Å²) < 4.78 is 2.34. The molecule has 0 amide bonds. The fourth-order valence-electron chi connectivity index (χ4n) is 2.74. The van der Waals surface area contributed by atoms with Crippen LogP contribution in [0.15, 0.2) is 24.3 Å². The van der Waals surface area contributed by atoms with Crippen molar-refractivity contribution in [2.75, 3.05) is 0 Å². The Morgan fingerprint density at radius 1 is 1.29 bits per heavy atom. The number of nitrogens with two attached hydrogens (primary N) is 1. The van der Waals surface area contributed by atoms with Gasteiger partial charge in [-0.15, -0.1) is 0 Å². The Morgan fingerprint density at radius 3 is 2.62 bits per heavy atom. The van der Waals surface area contributed by atoms with E-state index in [-0.39, 0.29) is 11.5 Å². The summed E-state index contributed by atoms with van der Waals surface area (Å²) >= 11 is 0. The van der Waals surface area contributed by atoms with E-state index in [1.165, 1.54) is 5.52 Å². The number of aromatic nitrogens is 2. The predicted molar refractivity (Wildman–Crippen MR) is 88.9 cm³/mol. The fraction of sp³-hybridized carbons (Fsp3) is 0.588. The van der Waals surface area contributed by atoms with E-state index >= 15 is 0 Å². The Kier molecular flexibility index (Phi) is 5.01. The van der Waals surface area contributed by atoms with Crippen LogP contribution in [0.2, 0.25) is 0 Å². The minimum absolute atomic E-state index is 0.143. The first-order chi connectivity index (χ1) is 10.0. The molecule has 2 aromatic rings. The van der Waals surface area contributed by atoms with Gasteiger partial charge in [-0.05, 0) is 30.4 Å². The molecule has 3 N–H and O–H groups in total. The number of hydrazine groups is 1. The second kappa shape index (κ2) is 6.58. The van der Waals surface area contributed by atoms with Gasteiger partial charge < -0.3 is 4.57 Å². The first kappa shape index (κ1) is 16.0. The molecule has 1 aromatic carbocycles. The maximum Gasteiger partial charge on any atom is 0.111 e. The first-order valence-corrected chi connectivity index (χ1v) is 7.93. The van der Waals surface area contributed by atoms with E-state index in [2.05, 4.69) is 55.9 Å². The highest BCUT2D eigenvalue weighted by molar-refractivity contribution is 5.75. The van der Waals surface area contributed by atoms with E-state index in [1.807, 2.05) is 6.07 Å². The van der Waals surface area contributed by atoms with E-state index < -0.39 is 0 Å². The van der Waals surface area contributed by atoms with Gasteiger partial charge in [0.25, 0.3) is 0 Å². The SMILES string of the molecule is CCCn1c(CC(NN)C(C)(C)CC)nc2ccccc21. The second-order valence-corrected chi connectivity index (χ2v) is 6.43. The summed E-state index contributed by atoms with van der Waals surface area (Å²) in [6.45, 7) is 9.92. The zero-order valence-corrected chi connectivity index (χ0v) is 13.7. The summed E-state index contributed by atoms with van der Waals surface area (Å²) in [7, 11) is 0. The third-order valence-corrected chi connectivity index (χ3v) is 4.62. The first-order valence-electron chi connectivity index (χ1n) is 7.93. The quantitative estimate of drug-likeness (QED) is 0.607. The lowest BCUT2D eigenvalue weighted by Crippen LogP contribution is -2.47. The molecule has 1 unspecified atom stereocenters. The van der Waals surface area contributed by atoms with Crippen LogP contribution in [0.5, 0.6) is 0 Å². The van der Waals surface area contributed by atoms with E-state index in [4.69, 9.17) is 10.8 Å². The number of nitrogens with one attached hydrogen (secondary N) is 1. The van der Waals surface area contributed by atoms with Crippen molar-refractivity contribution in [3.8, 4) is 0 Å². The summed E-state index contributed by atoms with van der Waals surface area (Å²) in [5.41, 5.74) is 5.44. The third kappa shape index (κ3) is 3.27. The number of hydrogen-bond acceptors (Lipinski definition) is 3. The highest BCUT2D eigenvalue weighted by Gasteiger charge is 2.28. The lowest BCUT2D eigenvalue weighted by molar-refractivity contribution is 0.227. The summed E-state index contributed by atoms with van der Waals surface area (Å²) in [6, 6.07) is 8.58. The van der Waals surface area contributed by atoms with Crippen LogP contribution in [0.4, 0.5) is 0 Å². The zero-order valence-electron chi connectivity index (χ0n) is 13.7. The molecule has 0 bridgehead atoms. The normalized spacial score (nSPS) is 13.8. The van der Waals surface area contributed by atoms with Crippen LogP contribution < -0.4 is 11.3 Å². The molecule has 21 heavy (non-hydrogen) atoms. The van der Waals surface area contributed by atoms with Gasteiger partial charge in [-0.3, -0.25) is 11.3 Å². The van der Waals surface area contributed by atoms with Crippen molar-refractivity contribution < 1.29 is 0 Å². The zero-order chi connectivity index (χ0) is 15.5. The Hall–Kier alpha value is -1.39. The summed E-state index contributed by atoms with van der Waals surface area (Å²) in [4.78, 5) is 4.83. The average Bonchev–Trinajstić information content (AvgIpc) is 2.83. The highest BCUT2D eigenvalue weighted by Crippen LogP contribution is 2.28. The van der Waals surface area contributed by atoms with Gasteiger partial charge in [0.1, 0.15) is 5.82 Å².